The molecule has 1 aliphatic carbocycles. The van der Waals surface area contributed by atoms with Gasteiger partial charge < -0.3 is 18.9 Å². The van der Waals surface area contributed by atoms with E-state index in [0.29, 0.717) is 68.7 Å². The molecular weight excluding hydrogens is 793 g/mol. The molecule has 0 atom stereocenters. The van der Waals surface area contributed by atoms with Crippen LogP contribution in [0.3, 0.4) is 0 Å². The van der Waals surface area contributed by atoms with Crippen LogP contribution in [0.15, 0.2) is 97.5 Å². The SMILES string of the molecule is C=C1OCC(CCCC(=O)C(=C)C)(COc2ccc(-c3ccc(-c4ccc(C5CCC(CCCCCCCCCCC)CC5)cc4)cc3CC)cc2CCCCOC(=O)C(=C)C)CO1. The molecule has 5 rings (SSSR count). The Balaban J connectivity index is 1.23. The zero-order valence-electron chi connectivity index (χ0n) is 40.2. The lowest BCUT2D eigenvalue weighted by atomic mass is 9.77. The lowest BCUT2D eigenvalue weighted by Gasteiger charge is -2.37. The average Bonchev–Trinajstić information content (AvgIpc) is 3.31. The predicted octanol–water partition coefficient (Wildman–Crippen LogP) is 15.4. The van der Waals surface area contributed by atoms with Crippen LogP contribution in [0.2, 0.25) is 0 Å². The fraction of sp³-hybridized carbons (Fsp3) is 0.552. The Kier molecular flexibility index (Phi) is 20.8. The molecule has 1 saturated heterocycles. The summed E-state index contributed by atoms with van der Waals surface area (Å²) in [6, 6.07) is 22.9. The van der Waals surface area contributed by atoms with E-state index in [1.807, 2.05) is 0 Å². The highest BCUT2D eigenvalue weighted by Gasteiger charge is 2.37. The summed E-state index contributed by atoms with van der Waals surface area (Å²) in [6.07, 6.45) is 24.6. The molecule has 0 radical (unpaired) electrons. The molecule has 6 nitrogen and oxygen atoms in total. The van der Waals surface area contributed by atoms with Crippen molar-refractivity contribution in [2.75, 3.05) is 26.4 Å². The first kappa shape index (κ1) is 50.4. The van der Waals surface area contributed by atoms with Crippen molar-refractivity contribution in [1.82, 2.24) is 0 Å². The van der Waals surface area contributed by atoms with E-state index in [1.165, 1.54) is 118 Å². The van der Waals surface area contributed by atoms with Gasteiger partial charge in [-0.3, -0.25) is 4.79 Å². The van der Waals surface area contributed by atoms with E-state index in [-0.39, 0.29) is 11.8 Å². The van der Waals surface area contributed by atoms with Gasteiger partial charge in [0.15, 0.2) is 5.78 Å². The van der Waals surface area contributed by atoms with Crippen LogP contribution in [0.4, 0.5) is 0 Å². The van der Waals surface area contributed by atoms with Crippen LogP contribution in [0.1, 0.15) is 172 Å². The van der Waals surface area contributed by atoms with Gasteiger partial charge in [-0.15, -0.1) is 0 Å². The molecule has 64 heavy (non-hydrogen) atoms. The number of esters is 1. The Bertz CT molecular complexity index is 1950. The lowest BCUT2D eigenvalue weighted by Crippen LogP contribution is -2.41. The third-order valence-corrected chi connectivity index (χ3v) is 13.8. The highest BCUT2D eigenvalue weighted by molar-refractivity contribution is 5.94. The molecule has 1 aliphatic heterocycles. The number of unbranched alkanes of at least 4 members (excludes halogenated alkanes) is 9. The van der Waals surface area contributed by atoms with E-state index in [1.54, 1.807) is 13.8 Å². The minimum absolute atomic E-state index is 0.0734. The first-order chi connectivity index (χ1) is 31.0. The molecule has 0 bridgehead atoms. The van der Waals surface area contributed by atoms with E-state index in [4.69, 9.17) is 18.9 Å². The molecule has 1 heterocycles. The summed E-state index contributed by atoms with van der Waals surface area (Å²) in [6.45, 7) is 20.8. The van der Waals surface area contributed by atoms with Gasteiger partial charge in [0.2, 0.25) is 0 Å². The molecule has 1 saturated carbocycles. The number of aryl methyl sites for hydroxylation is 2. The van der Waals surface area contributed by atoms with Crippen LogP contribution >= 0.6 is 0 Å². The van der Waals surface area contributed by atoms with Gasteiger partial charge in [0.25, 0.3) is 5.95 Å². The van der Waals surface area contributed by atoms with Crippen LogP contribution in [0, 0.1) is 11.3 Å². The Labute approximate surface area is 387 Å². The molecule has 0 N–H and O–H groups in total. The Hall–Kier alpha value is -4.58. The number of benzene rings is 3. The quantitative estimate of drug-likeness (QED) is 0.0411. The van der Waals surface area contributed by atoms with Gasteiger partial charge in [-0.1, -0.05) is 140 Å². The second kappa shape index (κ2) is 26.4. The molecule has 2 aliphatic rings. The van der Waals surface area contributed by atoms with E-state index < -0.39 is 5.41 Å². The summed E-state index contributed by atoms with van der Waals surface area (Å²) in [4.78, 5) is 24.4. The first-order valence-electron chi connectivity index (χ1n) is 25.0. The molecule has 3 aromatic carbocycles. The maximum absolute atomic E-state index is 12.4. The summed E-state index contributed by atoms with van der Waals surface area (Å²) >= 11 is 0. The number of hydrogen-bond donors (Lipinski definition) is 0. The molecule has 6 heteroatoms. The maximum Gasteiger partial charge on any atom is 0.333 e. The van der Waals surface area contributed by atoms with Crippen molar-refractivity contribution in [3.63, 3.8) is 0 Å². The summed E-state index contributed by atoms with van der Waals surface area (Å²) in [5, 5.41) is 0. The van der Waals surface area contributed by atoms with E-state index in [0.717, 1.165) is 48.5 Å². The highest BCUT2D eigenvalue weighted by atomic mass is 16.7. The monoisotopic (exact) mass is 873 g/mol. The maximum atomic E-state index is 12.4. The van der Waals surface area contributed by atoms with Crippen LogP contribution in [-0.2, 0) is 36.6 Å². The zero-order valence-corrected chi connectivity index (χ0v) is 40.2. The second-order valence-electron chi connectivity index (χ2n) is 19.2. The van der Waals surface area contributed by atoms with Crippen LogP contribution in [-0.4, -0.2) is 38.2 Å². The summed E-state index contributed by atoms with van der Waals surface area (Å²) in [7, 11) is 0. The van der Waals surface area contributed by atoms with Gasteiger partial charge in [0.1, 0.15) is 25.6 Å². The topological polar surface area (TPSA) is 71.1 Å². The largest absolute Gasteiger partial charge is 0.492 e. The number of rotatable bonds is 28. The first-order valence-corrected chi connectivity index (χ1v) is 25.0. The molecule has 0 amide bonds. The Morgan fingerprint density at radius 3 is 2.00 bits per heavy atom. The Morgan fingerprint density at radius 2 is 1.34 bits per heavy atom. The molecule has 0 aromatic heterocycles. The summed E-state index contributed by atoms with van der Waals surface area (Å²) < 4.78 is 23.7. The van der Waals surface area contributed by atoms with Gasteiger partial charge in [0.05, 0.1) is 12.0 Å². The second-order valence-corrected chi connectivity index (χ2v) is 19.2. The van der Waals surface area contributed by atoms with Crippen LogP contribution in [0.5, 0.6) is 5.75 Å². The van der Waals surface area contributed by atoms with Crippen molar-refractivity contribution in [2.45, 2.75) is 168 Å². The molecular formula is C58H80O6. The molecule has 348 valence electrons. The lowest BCUT2D eigenvalue weighted by molar-refractivity contribution is -0.139. The third-order valence-electron chi connectivity index (χ3n) is 13.8. The van der Waals surface area contributed by atoms with E-state index >= 15 is 0 Å². The fourth-order valence-electron chi connectivity index (χ4n) is 9.53. The van der Waals surface area contributed by atoms with Gasteiger partial charge in [-0.25, -0.2) is 4.79 Å². The average molecular weight is 873 g/mol. The molecule has 0 unspecified atom stereocenters. The smallest absolute Gasteiger partial charge is 0.333 e. The number of allylic oxidation sites excluding steroid dienone is 1. The fourth-order valence-corrected chi connectivity index (χ4v) is 9.53. The highest BCUT2D eigenvalue weighted by Crippen LogP contribution is 2.40. The van der Waals surface area contributed by atoms with Crippen molar-refractivity contribution in [3.8, 4) is 28.0 Å². The standard InChI is InChI=1S/C58H80O6/c1-8-10-11-12-13-14-15-16-17-21-46-24-26-48(27-25-46)49-28-30-50(31-29-49)51-32-34-54(47(9-2)38-51)52-33-35-56(53(39-52)22-18-19-37-61-57(60)44(5)6)64-42-58(40-62-45(7)63-41-58)36-20-23-55(59)43(3)4/h28-35,38-39,46,48H,3,5,7-27,36-37,40-42H2,1-2,4,6H3. The van der Waals surface area contributed by atoms with Crippen LogP contribution in [0.25, 0.3) is 22.3 Å². The van der Waals surface area contributed by atoms with Gasteiger partial charge >= 0.3 is 5.97 Å². The van der Waals surface area contributed by atoms with Gasteiger partial charge in [-0.05, 0) is 153 Å². The molecule has 0 spiro atoms. The van der Waals surface area contributed by atoms with Gasteiger partial charge in [-0.2, -0.15) is 0 Å². The minimum atomic E-state index is -0.432. The number of ether oxygens (including phenoxy) is 4. The van der Waals surface area contributed by atoms with Crippen LogP contribution < -0.4 is 4.74 Å². The number of hydrogen-bond acceptors (Lipinski definition) is 6. The normalized spacial score (nSPS) is 17.0. The number of Topliss-reactive ketones (excluding diaryl/α,β-unsaturated/α-hetero) is 1. The number of carbonyl (C=O) groups is 2. The summed E-state index contributed by atoms with van der Waals surface area (Å²) in [5.74, 6) is 2.44. The number of carbonyl (C=O) groups excluding carboxylic acids is 2. The van der Waals surface area contributed by atoms with E-state index in [2.05, 4.69) is 94.2 Å². The predicted molar refractivity (Wildman–Crippen MR) is 265 cm³/mol. The van der Waals surface area contributed by atoms with Crippen molar-refractivity contribution in [1.29, 1.82) is 0 Å². The Morgan fingerprint density at radius 1 is 0.703 bits per heavy atom. The van der Waals surface area contributed by atoms with Crippen molar-refractivity contribution in [2.24, 2.45) is 11.3 Å². The molecule has 3 aromatic rings. The number of ketones is 1. The summed E-state index contributed by atoms with van der Waals surface area (Å²) in [5.41, 5.74) is 9.32. The third kappa shape index (κ3) is 15.8. The zero-order chi connectivity index (χ0) is 45.7. The molecule has 2 fully saturated rings. The van der Waals surface area contributed by atoms with Gasteiger partial charge in [0, 0.05) is 12.0 Å². The van der Waals surface area contributed by atoms with Crippen molar-refractivity contribution < 1.29 is 28.5 Å². The van der Waals surface area contributed by atoms with Crippen molar-refractivity contribution >= 4 is 11.8 Å². The minimum Gasteiger partial charge on any atom is -0.492 e. The van der Waals surface area contributed by atoms with Crippen molar-refractivity contribution in [3.05, 3.63) is 114 Å². The van der Waals surface area contributed by atoms with E-state index in [9.17, 15) is 9.59 Å².